The van der Waals surface area contributed by atoms with E-state index in [1.807, 2.05) is 0 Å². The van der Waals surface area contributed by atoms with E-state index >= 15 is 0 Å². The molecule has 1 atom stereocenters. The van der Waals surface area contributed by atoms with E-state index in [0.29, 0.717) is 5.56 Å². The van der Waals surface area contributed by atoms with Gasteiger partial charge in [0.05, 0.1) is 31.7 Å². The van der Waals surface area contributed by atoms with Gasteiger partial charge in [0.15, 0.2) is 10.5 Å². The van der Waals surface area contributed by atoms with Gasteiger partial charge in [-0.05, 0) is 39.3 Å². The van der Waals surface area contributed by atoms with Crippen LogP contribution in [0.2, 0.25) is 0 Å². The van der Waals surface area contributed by atoms with E-state index in [0.717, 1.165) is 11.8 Å². The molecule has 160 valence electrons. The second kappa shape index (κ2) is 12.2. The minimum absolute atomic E-state index is 0.0660. The van der Waals surface area contributed by atoms with Gasteiger partial charge in [-0.1, -0.05) is 17.8 Å². The molecule has 8 nitrogen and oxygen atoms in total. The lowest BCUT2D eigenvalue weighted by Crippen LogP contribution is -2.24. The summed E-state index contributed by atoms with van der Waals surface area (Å²) < 4.78 is 49.6. The van der Waals surface area contributed by atoms with Crippen LogP contribution < -0.4 is 0 Å². The number of thioether (sulfide) groups is 1. The molecule has 1 aromatic heterocycles. The number of pyridine rings is 1. The first-order valence-electron chi connectivity index (χ1n) is 9.12. The van der Waals surface area contributed by atoms with Crippen LogP contribution in [0.25, 0.3) is 0 Å². The Balaban J connectivity index is 3.71. The molecule has 0 saturated heterocycles. The van der Waals surface area contributed by atoms with E-state index in [4.69, 9.17) is 18.1 Å². The van der Waals surface area contributed by atoms with Crippen LogP contribution in [0.5, 0.6) is 0 Å². The molecule has 1 aromatic rings. The fourth-order valence-corrected chi connectivity index (χ4v) is 10.0. The van der Waals surface area contributed by atoms with Crippen LogP contribution >= 0.6 is 27.0 Å². The van der Waals surface area contributed by atoms with E-state index in [9.17, 15) is 13.9 Å². The zero-order valence-electron chi connectivity index (χ0n) is 16.9. The van der Waals surface area contributed by atoms with Crippen molar-refractivity contribution >= 4 is 32.1 Å². The molecular weight excluding hydrogens is 424 g/mol. The Bertz CT molecular complexity index is 654. The quantitative estimate of drug-likeness (QED) is 0.370. The van der Waals surface area contributed by atoms with E-state index in [-0.39, 0.29) is 31.5 Å². The standard InChI is InChI=1S/C17H29NO7P2S/c1-6-22-26(20,23-7-2)17(27(21,24-8-3)25-9-4)16(28-14(5)19)15-11-10-12-18-13-15/h10-13,16-17H,6-9H2,1-5H3. The van der Waals surface area contributed by atoms with Crippen molar-refractivity contribution in [1.29, 1.82) is 0 Å². The van der Waals surface area contributed by atoms with Gasteiger partial charge in [0.1, 0.15) is 0 Å². The molecule has 0 fully saturated rings. The summed E-state index contributed by atoms with van der Waals surface area (Å²) in [5, 5.41) is -2.45. The average Bonchev–Trinajstić information content (AvgIpc) is 2.62. The van der Waals surface area contributed by atoms with Crippen LogP contribution in [0, 0.1) is 0 Å². The molecule has 28 heavy (non-hydrogen) atoms. The van der Waals surface area contributed by atoms with Gasteiger partial charge < -0.3 is 18.1 Å². The molecule has 0 radical (unpaired) electrons. The van der Waals surface area contributed by atoms with Crippen molar-refractivity contribution < 1.29 is 32.0 Å². The third kappa shape index (κ3) is 6.77. The predicted molar refractivity (Wildman–Crippen MR) is 111 cm³/mol. The summed E-state index contributed by atoms with van der Waals surface area (Å²) in [7, 11) is -8.00. The lowest BCUT2D eigenvalue weighted by Gasteiger charge is -2.35. The number of aromatic nitrogens is 1. The third-order valence-electron chi connectivity index (χ3n) is 3.46. The summed E-state index contributed by atoms with van der Waals surface area (Å²) in [5.41, 5.74) is 0.548. The van der Waals surface area contributed by atoms with E-state index in [2.05, 4.69) is 4.98 Å². The Labute approximate surface area is 171 Å². The zero-order chi connectivity index (χ0) is 21.2. The molecule has 11 heteroatoms. The molecule has 0 aliphatic rings. The van der Waals surface area contributed by atoms with Crippen LogP contribution in [0.3, 0.4) is 0 Å². The lowest BCUT2D eigenvalue weighted by molar-refractivity contribution is -0.109. The molecule has 0 amide bonds. The first-order chi connectivity index (χ1) is 13.3. The van der Waals surface area contributed by atoms with Crippen LogP contribution in [-0.2, 0) is 32.0 Å². The number of nitrogens with zero attached hydrogens (tertiary/aromatic N) is 1. The molecule has 0 saturated carbocycles. The Morgan fingerprint density at radius 3 is 1.79 bits per heavy atom. The minimum Gasteiger partial charge on any atom is -0.308 e. The van der Waals surface area contributed by atoms with Gasteiger partial charge >= 0.3 is 15.2 Å². The number of hydrogen-bond donors (Lipinski definition) is 0. The molecule has 0 aliphatic heterocycles. The summed E-state index contributed by atoms with van der Waals surface area (Å²) in [4.78, 5) is 16.1. The van der Waals surface area contributed by atoms with Crippen LogP contribution in [-0.4, -0.2) is 41.9 Å². The first-order valence-corrected chi connectivity index (χ1v) is 13.2. The summed E-state index contributed by atoms with van der Waals surface area (Å²) in [6.07, 6.45) is 3.10. The lowest BCUT2D eigenvalue weighted by atomic mass is 10.2. The van der Waals surface area contributed by atoms with Gasteiger partial charge in [-0.2, -0.15) is 0 Å². The smallest absolute Gasteiger partial charge is 0.308 e. The van der Waals surface area contributed by atoms with Gasteiger partial charge in [0, 0.05) is 19.3 Å². The van der Waals surface area contributed by atoms with Crippen LogP contribution in [0.4, 0.5) is 0 Å². The molecule has 0 N–H and O–H groups in total. The van der Waals surface area contributed by atoms with E-state index in [1.54, 1.807) is 46.0 Å². The maximum absolute atomic E-state index is 13.8. The van der Waals surface area contributed by atoms with Gasteiger partial charge in [0.2, 0.25) is 0 Å². The van der Waals surface area contributed by atoms with Crippen LogP contribution in [0.1, 0.15) is 45.4 Å². The molecule has 0 aliphatic carbocycles. The van der Waals surface area contributed by atoms with Crippen molar-refractivity contribution in [1.82, 2.24) is 4.98 Å². The molecule has 0 bridgehead atoms. The molecular formula is C17H29NO7P2S. The highest BCUT2D eigenvalue weighted by Crippen LogP contribution is 2.75. The van der Waals surface area contributed by atoms with Gasteiger partial charge in [-0.15, -0.1) is 0 Å². The molecule has 1 heterocycles. The van der Waals surface area contributed by atoms with Gasteiger partial charge in [-0.3, -0.25) is 18.9 Å². The number of carbonyl (C=O) groups is 1. The number of carbonyl (C=O) groups excluding carboxylic acids is 1. The topological polar surface area (TPSA) is 101 Å². The van der Waals surface area contributed by atoms with Crippen molar-refractivity contribution in [2.45, 2.75) is 45.3 Å². The van der Waals surface area contributed by atoms with E-state index < -0.39 is 25.8 Å². The fourth-order valence-electron chi connectivity index (χ4n) is 2.63. The fraction of sp³-hybridized carbons (Fsp3) is 0.647. The number of rotatable bonds is 13. The predicted octanol–water partition coefficient (Wildman–Crippen LogP) is 5.26. The SMILES string of the molecule is CCOP(=O)(OCC)C(C(SC(C)=O)c1cccnc1)P(=O)(OCC)OCC. The first kappa shape index (κ1) is 25.5. The molecule has 0 spiro atoms. The summed E-state index contributed by atoms with van der Waals surface area (Å²) in [6, 6.07) is 3.39. The Kier molecular flexibility index (Phi) is 11.1. The second-order valence-electron chi connectivity index (χ2n) is 5.48. The highest BCUT2D eigenvalue weighted by atomic mass is 32.2. The highest BCUT2D eigenvalue weighted by molar-refractivity contribution is 8.14. The monoisotopic (exact) mass is 453 g/mol. The highest BCUT2D eigenvalue weighted by Gasteiger charge is 2.56. The minimum atomic E-state index is -4.00. The normalized spacial score (nSPS) is 13.6. The van der Waals surface area contributed by atoms with E-state index in [1.165, 1.54) is 13.1 Å². The molecule has 0 aromatic carbocycles. The number of hydrogen-bond acceptors (Lipinski definition) is 9. The zero-order valence-corrected chi connectivity index (χ0v) is 19.5. The second-order valence-corrected chi connectivity index (χ2v) is 11.5. The third-order valence-corrected chi connectivity index (χ3v) is 11.1. The largest absolute Gasteiger partial charge is 0.347 e. The van der Waals surface area contributed by atoms with Gasteiger partial charge in [0.25, 0.3) is 0 Å². The molecule has 1 rings (SSSR count). The van der Waals surface area contributed by atoms with Crippen LogP contribution in [0.15, 0.2) is 24.5 Å². The summed E-state index contributed by atoms with van der Waals surface area (Å²) in [5.74, 6) is 0. The average molecular weight is 453 g/mol. The Morgan fingerprint density at radius 2 is 1.46 bits per heavy atom. The Morgan fingerprint density at radius 1 is 1.00 bits per heavy atom. The van der Waals surface area contributed by atoms with Crippen molar-refractivity contribution in [2.24, 2.45) is 0 Å². The van der Waals surface area contributed by atoms with Crippen molar-refractivity contribution in [2.75, 3.05) is 26.4 Å². The van der Waals surface area contributed by atoms with Crippen molar-refractivity contribution in [3.63, 3.8) is 0 Å². The van der Waals surface area contributed by atoms with Crippen molar-refractivity contribution in [3.05, 3.63) is 30.1 Å². The maximum atomic E-state index is 13.8. The van der Waals surface area contributed by atoms with Crippen molar-refractivity contribution in [3.8, 4) is 0 Å². The summed E-state index contributed by atoms with van der Waals surface area (Å²) in [6.45, 7) is 8.28. The summed E-state index contributed by atoms with van der Waals surface area (Å²) >= 11 is 0.875. The molecule has 1 unspecified atom stereocenters. The maximum Gasteiger partial charge on any atom is 0.347 e. The Hall–Kier alpha value is -0.530. The van der Waals surface area contributed by atoms with Gasteiger partial charge in [-0.25, -0.2) is 0 Å².